The van der Waals surface area contributed by atoms with Crippen molar-refractivity contribution in [3.63, 3.8) is 0 Å². The van der Waals surface area contributed by atoms with Gasteiger partial charge < -0.3 is 16.0 Å². The minimum atomic E-state index is 0.289. The molecule has 0 bridgehead atoms. The third kappa shape index (κ3) is 6.20. The first kappa shape index (κ1) is 17.8. The van der Waals surface area contributed by atoms with Crippen LogP contribution in [0.4, 0.5) is 17.8 Å². The summed E-state index contributed by atoms with van der Waals surface area (Å²) in [6.45, 7) is 11.6. The van der Waals surface area contributed by atoms with E-state index in [0.717, 1.165) is 18.4 Å². The van der Waals surface area contributed by atoms with Crippen LogP contribution in [0.15, 0.2) is 0 Å². The van der Waals surface area contributed by atoms with Gasteiger partial charge in [0.15, 0.2) is 0 Å². The summed E-state index contributed by atoms with van der Waals surface area (Å²) in [6, 6.07) is 0.578. The molecule has 0 amide bonds. The summed E-state index contributed by atoms with van der Waals surface area (Å²) in [5, 5.41) is 9.93. The molecule has 0 aliphatic heterocycles. The molecule has 3 N–H and O–H groups in total. The zero-order valence-corrected chi connectivity index (χ0v) is 15.2. The van der Waals surface area contributed by atoms with Gasteiger partial charge in [-0.05, 0) is 52.4 Å². The number of hydrogen-bond acceptors (Lipinski definition) is 6. The van der Waals surface area contributed by atoms with Crippen molar-refractivity contribution in [3.05, 3.63) is 0 Å². The van der Waals surface area contributed by atoms with Gasteiger partial charge in [0.1, 0.15) is 0 Å². The Bertz CT molecular complexity index is 452. The Morgan fingerprint density at radius 1 is 0.826 bits per heavy atom. The molecule has 1 heterocycles. The van der Waals surface area contributed by atoms with E-state index in [9.17, 15) is 0 Å². The number of rotatable bonds is 7. The van der Waals surface area contributed by atoms with Crippen LogP contribution in [0.3, 0.4) is 0 Å². The Morgan fingerprint density at radius 2 is 1.30 bits per heavy atom. The predicted octanol–water partition coefficient (Wildman–Crippen LogP) is 3.75. The Balaban J connectivity index is 2.00. The summed E-state index contributed by atoms with van der Waals surface area (Å²) in [5.41, 5.74) is 0. The summed E-state index contributed by atoms with van der Waals surface area (Å²) in [4.78, 5) is 13.4. The van der Waals surface area contributed by atoms with Crippen molar-refractivity contribution < 1.29 is 0 Å². The smallest absolute Gasteiger partial charge is 0.229 e. The maximum absolute atomic E-state index is 4.50. The van der Waals surface area contributed by atoms with Crippen LogP contribution in [-0.4, -0.2) is 33.6 Å². The van der Waals surface area contributed by atoms with Crippen molar-refractivity contribution >= 4 is 17.8 Å². The summed E-state index contributed by atoms with van der Waals surface area (Å²) in [7, 11) is 0. The first-order chi connectivity index (χ1) is 10.9. The van der Waals surface area contributed by atoms with Crippen LogP contribution in [0.1, 0.15) is 60.3 Å². The lowest BCUT2D eigenvalue weighted by molar-refractivity contribution is 0.300. The van der Waals surface area contributed by atoms with E-state index in [1.165, 1.54) is 25.7 Å². The third-order valence-corrected chi connectivity index (χ3v) is 4.16. The lowest BCUT2D eigenvalue weighted by Crippen LogP contribution is -2.22. The maximum Gasteiger partial charge on any atom is 0.229 e. The van der Waals surface area contributed by atoms with E-state index in [1.807, 2.05) is 0 Å². The molecular formula is C17H32N6. The van der Waals surface area contributed by atoms with E-state index in [-0.39, 0.29) is 12.1 Å². The van der Waals surface area contributed by atoms with Crippen molar-refractivity contribution in [3.8, 4) is 0 Å². The first-order valence-electron chi connectivity index (χ1n) is 8.95. The average Bonchev–Trinajstić information content (AvgIpc) is 2.45. The van der Waals surface area contributed by atoms with Gasteiger partial charge in [0.2, 0.25) is 17.8 Å². The van der Waals surface area contributed by atoms with Gasteiger partial charge in [-0.1, -0.05) is 19.8 Å². The van der Waals surface area contributed by atoms with Crippen molar-refractivity contribution in [1.29, 1.82) is 0 Å². The Labute approximate surface area is 140 Å². The molecule has 1 aliphatic carbocycles. The Kier molecular flexibility index (Phi) is 6.42. The van der Waals surface area contributed by atoms with Crippen molar-refractivity contribution in [2.45, 2.75) is 72.4 Å². The SMILES string of the molecule is CC1CCC(CNc2nc(NC(C)C)nc(NC(C)C)n2)CC1. The molecule has 1 aromatic rings. The van der Waals surface area contributed by atoms with E-state index < -0.39 is 0 Å². The van der Waals surface area contributed by atoms with Gasteiger partial charge in [-0.2, -0.15) is 15.0 Å². The number of aromatic nitrogens is 3. The molecule has 130 valence electrons. The van der Waals surface area contributed by atoms with Crippen LogP contribution in [0.5, 0.6) is 0 Å². The quantitative estimate of drug-likeness (QED) is 0.710. The third-order valence-electron chi connectivity index (χ3n) is 4.16. The zero-order chi connectivity index (χ0) is 16.8. The van der Waals surface area contributed by atoms with Gasteiger partial charge in [-0.15, -0.1) is 0 Å². The minimum Gasteiger partial charge on any atom is -0.354 e. The molecule has 0 unspecified atom stereocenters. The van der Waals surface area contributed by atoms with Crippen molar-refractivity contribution in [1.82, 2.24) is 15.0 Å². The summed E-state index contributed by atoms with van der Waals surface area (Å²) in [6.07, 6.45) is 5.27. The van der Waals surface area contributed by atoms with Crippen LogP contribution in [0.25, 0.3) is 0 Å². The normalized spacial score (nSPS) is 21.5. The fourth-order valence-electron chi connectivity index (χ4n) is 2.87. The zero-order valence-electron chi connectivity index (χ0n) is 15.2. The highest BCUT2D eigenvalue weighted by atomic mass is 15.3. The summed E-state index contributed by atoms with van der Waals surface area (Å²) >= 11 is 0. The van der Waals surface area contributed by atoms with E-state index in [1.54, 1.807) is 0 Å². The second-order valence-electron chi connectivity index (χ2n) is 7.41. The topological polar surface area (TPSA) is 74.8 Å². The first-order valence-corrected chi connectivity index (χ1v) is 8.95. The average molecular weight is 320 g/mol. The fourth-order valence-corrected chi connectivity index (χ4v) is 2.87. The molecule has 2 rings (SSSR count). The summed E-state index contributed by atoms with van der Waals surface area (Å²) < 4.78 is 0. The van der Waals surface area contributed by atoms with Crippen molar-refractivity contribution in [2.75, 3.05) is 22.5 Å². The van der Waals surface area contributed by atoms with Crippen LogP contribution in [-0.2, 0) is 0 Å². The number of hydrogen-bond donors (Lipinski definition) is 3. The van der Waals surface area contributed by atoms with Gasteiger partial charge >= 0.3 is 0 Å². The monoisotopic (exact) mass is 320 g/mol. The number of anilines is 3. The minimum absolute atomic E-state index is 0.289. The van der Waals surface area contributed by atoms with Gasteiger partial charge in [0.25, 0.3) is 0 Å². The van der Waals surface area contributed by atoms with E-state index in [0.29, 0.717) is 17.8 Å². The second kappa shape index (κ2) is 8.31. The lowest BCUT2D eigenvalue weighted by Gasteiger charge is -2.26. The lowest BCUT2D eigenvalue weighted by atomic mass is 9.83. The van der Waals surface area contributed by atoms with E-state index in [4.69, 9.17) is 0 Å². The maximum atomic E-state index is 4.50. The highest BCUT2D eigenvalue weighted by Gasteiger charge is 2.18. The molecular weight excluding hydrogens is 288 g/mol. The molecule has 1 saturated carbocycles. The number of nitrogens with zero attached hydrogens (tertiary/aromatic N) is 3. The van der Waals surface area contributed by atoms with Gasteiger partial charge in [0.05, 0.1) is 0 Å². The van der Waals surface area contributed by atoms with Gasteiger partial charge in [-0.25, -0.2) is 0 Å². The highest BCUT2D eigenvalue weighted by molar-refractivity contribution is 5.42. The van der Waals surface area contributed by atoms with Crippen LogP contribution < -0.4 is 16.0 Å². The van der Waals surface area contributed by atoms with Crippen LogP contribution >= 0.6 is 0 Å². The molecule has 1 aromatic heterocycles. The fraction of sp³-hybridized carbons (Fsp3) is 0.824. The second-order valence-corrected chi connectivity index (χ2v) is 7.41. The van der Waals surface area contributed by atoms with Crippen LogP contribution in [0, 0.1) is 11.8 Å². The molecule has 0 atom stereocenters. The molecule has 0 saturated heterocycles. The van der Waals surface area contributed by atoms with E-state index in [2.05, 4.69) is 65.5 Å². The van der Waals surface area contributed by atoms with E-state index >= 15 is 0 Å². The predicted molar refractivity (Wildman–Crippen MR) is 97.0 cm³/mol. The molecule has 0 radical (unpaired) electrons. The standard InChI is InChI=1S/C17H32N6/c1-11(2)19-16-21-15(22-17(23-16)20-12(3)4)18-10-14-8-6-13(5)7-9-14/h11-14H,6-10H2,1-5H3,(H3,18,19,20,21,22,23). The Morgan fingerprint density at radius 3 is 1.78 bits per heavy atom. The number of nitrogens with one attached hydrogen (secondary N) is 3. The summed E-state index contributed by atoms with van der Waals surface area (Å²) in [5.74, 6) is 3.51. The molecule has 1 fully saturated rings. The van der Waals surface area contributed by atoms with Gasteiger partial charge in [-0.3, -0.25) is 0 Å². The Hall–Kier alpha value is -1.59. The highest BCUT2D eigenvalue weighted by Crippen LogP contribution is 2.28. The molecule has 6 nitrogen and oxygen atoms in total. The molecule has 6 heteroatoms. The van der Waals surface area contributed by atoms with Crippen LogP contribution in [0.2, 0.25) is 0 Å². The molecule has 0 aromatic carbocycles. The molecule has 1 aliphatic rings. The molecule has 23 heavy (non-hydrogen) atoms. The largest absolute Gasteiger partial charge is 0.354 e. The van der Waals surface area contributed by atoms with Crippen molar-refractivity contribution in [2.24, 2.45) is 11.8 Å². The van der Waals surface area contributed by atoms with Gasteiger partial charge in [0, 0.05) is 18.6 Å². The molecule has 0 spiro atoms.